The average molecular weight is 314 g/mol. The van der Waals surface area contributed by atoms with Gasteiger partial charge < -0.3 is 19.5 Å². The highest BCUT2D eigenvalue weighted by Crippen LogP contribution is 2.42. The van der Waals surface area contributed by atoms with Crippen LogP contribution in [0.3, 0.4) is 0 Å². The number of ether oxygens (including phenoxy) is 3. The van der Waals surface area contributed by atoms with Crippen LogP contribution in [0.1, 0.15) is 23.5 Å². The number of aromatic nitrogens is 1. The Kier molecular flexibility index (Phi) is 4.06. The van der Waals surface area contributed by atoms with Crippen LogP contribution >= 0.6 is 0 Å². The highest BCUT2D eigenvalue weighted by molar-refractivity contribution is 5.96. The third-order valence-corrected chi connectivity index (χ3v) is 3.97. The maximum Gasteiger partial charge on any atom is 0.225 e. The molecule has 1 aliphatic rings. The summed E-state index contributed by atoms with van der Waals surface area (Å²) in [5.74, 6) is 1.64. The van der Waals surface area contributed by atoms with Gasteiger partial charge in [0.25, 0.3) is 0 Å². The second-order valence-corrected chi connectivity index (χ2v) is 5.23. The fourth-order valence-corrected chi connectivity index (χ4v) is 2.80. The lowest BCUT2D eigenvalue weighted by Crippen LogP contribution is -2.23. The van der Waals surface area contributed by atoms with Crippen LogP contribution < -0.4 is 19.5 Å². The van der Waals surface area contributed by atoms with Gasteiger partial charge in [0.2, 0.25) is 11.8 Å². The maximum atomic E-state index is 12.1. The summed E-state index contributed by atoms with van der Waals surface area (Å²) in [5, 5.41) is 2.89. The summed E-state index contributed by atoms with van der Waals surface area (Å²) in [7, 11) is 4.73. The monoisotopic (exact) mass is 314 g/mol. The molecule has 3 rings (SSSR count). The number of fused-ring (bicyclic) bond motifs is 1. The predicted octanol–water partition coefficient (Wildman–Crippen LogP) is 2.58. The summed E-state index contributed by atoms with van der Waals surface area (Å²) < 4.78 is 15.8. The first-order valence-electron chi connectivity index (χ1n) is 7.22. The van der Waals surface area contributed by atoms with Gasteiger partial charge in [-0.15, -0.1) is 0 Å². The molecule has 1 N–H and O–H groups in total. The van der Waals surface area contributed by atoms with E-state index in [0.29, 0.717) is 23.8 Å². The van der Waals surface area contributed by atoms with Crippen LogP contribution in [0.5, 0.6) is 17.4 Å². The largest absolute Gasteiger partial charge is 0.493 e. The number of nitrogens with zero attached hydrogens (tertiary/aromatic N) is 1. The summed E-state index contributed by atoms with van der Waals surface area (Å²) in [6.45, 7) is 0. The van der Waals surface area contributed by atoms with Crippen LogP contribution in [0, 0.1) is 0 Å². The summed E-state index contributed by atoms with van der Waals surface area (Å²) in [6.07, 6.45) is 2.10. The number of anilines is 1. The molecular formula is C17H18N2O4. The number of methoxy groups -OCH3 is 3. The predicted molar refractivity (Wildman–Crippen MR) is 85.4 cm³/mol. The molecule has 0 aliphatic carbocycles. The van der Waals surface area contributed by atoms with Crippen molar-refractivity contribution in [2.45, 2.75) is 12.3 Å². The molecule has 2 heterocycles. The van der Waals surface area contributed by atoms with Crippen LogP contribution in [0.15, 0.2) is 30.5 Å². The molecule has 0 radical (unpaired) electrons. The van der Waals surface area contributed by atoms with E-state index in [1.54, 1.807) is 39.7 Å². The summed E-state index contributed by atoms with van der Waals surface area (Å²) >= 11 is 0. The van der Waals surface area contributed by atoms with E-state index >= 15 is 0 Å². The normalized spacial score (nSPS) is 16.3. The summed E-state index contributed by atoms with van der Waals surface area (Å²) in [6, 6.07) is 7.41. The molecule has 1 atom stereocenters. The van der Waals surface area contributed by atoms with E-state index in [0.717, 1.165) is 16.8 Å². The van der Waals surface area contributed by atoms with E-state index in [4.69, 9.17) is 14.2 Å². The Labute approximate surface area is 134 Å². The number of carbonyl (C=O) groups excluding carboxylic acids is 1. The minimum atomic E-state index is -0.0861. The Morgan fingerprint density at radius 2 is 1.83 bits per heavy atom. The maximum absolute atomic E-state index is 12.1. The van der Waals surface area contributed by atoms with Gasteiger partial charge in [-0.3, -0.25) is 4.79 Å². The minimum Gasteiger partial charge on any atom is -0.493 e. The van der Waals surface area contributed by atoms with Crippen molar-refractivity contribution in [3.05, 3.63) is 41.6 Å². The van der Waals surface area contributed by atoms with Crippen molar-refractivity contribution in [3.8, 4) is 17.4 Å². The molecule has 0 saturated heterocycles. The molecule has 6 nitrogen and oxygen atoms in total. The molecule has 23 heavy (non-hydrogen) atoms. The molecule has 0 spiro atoms. The van der Waals surface area contributed by atoms with Gasteiger partial charge in [0.1, 0.15) is 0 Å². The fraction of sp³-hybridized carbons (Fsp3) is 0.294. The van der Waals surface area contributed by atoms with Crippen LogP contribution in [0.2, 0.25) is 0 Å². The molecule has 1 aromatic carbocycles. The zero-order valence-electron chi connectivity index (χ0n) is 13.3. The van der Waals surface area contributed by atoms with Crippen LogP contribution in [0.4, 0.5) is 5.69 Å². The number of nitrogens with one attached hydrogen (secondary N) is 1. The van der Waals surface area contributed by atoms with Crippen molar-refractivity contribution >= 4 is 11.6 Å². The van der Waals surface area contributed by atoms with Gasteiger partial charge in [0.05, 0.1) is 21.3 Å². The van der Waals surface area contributed by atoms with E-state index in [1.807, 2.05) is 12.1 Å². The second-order valence-electron chi connectivity index (χ2n) is 5.23. The minimum absolute atomic E-state index is 0.0365. The Balaban J connectivity index is 2.07. The first kappa shape index (κ1) is 15.1. The molecule has 0 bridgehead atoms. The molecule has 2 aromatic rings. The number of benzene rings is 1. The second kappa shape index (κ2) is 6.16. The van der Waals surface area contributed by atoms with Gasteiger partial charge >= 0.3 is 0 Å². The van der Waals surface area contributed by atoms with E-state index in [9.17, 15) is 4.79 Å². The van der Waals surface area contributed by atoms with Crippen LogP contribution in [0.25, 0.3) is 0 Å². The van der Waals surface area contributed by atoms with Crippen LogP contribution in [-0.4, -0.2) is 32.2 Å². The molecule has 1 amide bonds. The molecule has 1 unspecified atom stereocenters. The van der Waals surface area contributed by atoms with Crippen molar-refractivity contribution in [3.63, 3.8) is 0 Å². The summed E-state index contributed by atoms with van der Waals surface area (Å²) in [4.78, 5) is 16.3. The van der Waals surface area contributed by atoms with Crippen molar-refractivity contribution < 1.29 is 19.0 Å². The number of hydrogen-bond donors (Lipinski definition) is 1. The van der Waals surface area contributed by atoms with Crippen molar-refractivity contribution in [2.75, 3.05) is 26.6 Å². The van der Waals surface area contributed by atoms with Crippen molar-refractivity contribution in [1.82, 2.24) is 4.98 Å². The fourth-order valence-electron chi connectivity index (χ4n) is 2.80. The molecule has 1 aliphatic heterocycles. The Morgan fingerprint density at radius 3 is 2.43 bits per heavy atom. The quantitative estimate of drug-likeness (QED) is 0.939. The molecule has 6 heteroatoms. The number of hydrogen-bond acceptors (Lipinski definition) is 5. The lowest BCUT2D eigenvalue weighted by molar-refractivity contribution is -0.116. The molecule has 0 fully saturated rings. The Morgan fingerprint density at radius 1 is 1.09 bits per heavy atom. The van der Waals surface area contributed by atoms with Crippen molar-refractivity contribution in [1.29, 1.82) is 0 Å². The topological polar surface area (TPSA) is 69.7 Å². The van der Waals surface area contributed by atoms with Gasteiger partial charge in [0.15, 0.2) is 11.5 Å². The van der Waals surface area contributed by atoms with Crippen LogP contribution in [-0.2, 0) is 4.79 Å². The van der Waals surface area contributed by atoms with E-state index < -0.39 is 0 Å². The highest BCUT2D eigenvalue weighted by atomic mass is 16.5. The van der Waals surface area contributed by atoms with Crippen molar-refractivity contribution in [2.24, 2.45) is 0 Å². The van der Waals surface area contributed by atoms with Gasteiger partial charge in [-0.1, -0.05) is 6.07 Å². The average Bonchev–Trinajstić information content (AvgIpc) is 2.59. The lowest BCUT2D eigenvalue weighted by Gasteiger charge is -2.27. The standard InChI is InChI=1S/C17H18N2O4/c1-21-14-6-12-11(10-4-5-17(23-3)18-9-10)7-16(20)19-13(12)8-15(14)22-2/h4-6,8-9,11H,7H2,1-3H3,(H,19,20). The van der Waals surface area contributed by atoms with E-state index in [2.05, 4.69) is 10.3 Å². The highest BCUT2D eigenvalue weighted by Gasteiger charge is 2.28. The first-order valence-corrected chi connectivity index (χ1v) is 7.22. The molecular weight excluding hydrogens is 296 g/mol. The molecule has 120 valence electrons. The van der Waals surface area contributed by atoms with Gasteiger partial charge in [0, 0.05) is 36.4 Å². The third kappa shape index (κ3) is 2.79. The zero-order valence-corrected chi connectivity index (χ0v) is 13.3. The Hall–Kier alpha value is -2.76. The number of pyridine rings is 1. The zero-order chi connectivity index (χ0) is 16.4. The number of carbonyl (C=O) groups is 1. The SMILES string of the molecule is COc1ccc(C2CC(=O)Nc3cc(OC)c(OC)cc32)cn1. The van der Waals surface area contributed by atoms with E-state index in [-0.39, 0.29) is 11.8 Å². The first-order chi connectivity index (χ1) is 11.2. The van der Waals surface area contributed by atoms with E-state index in [1.165, 1.54) is 0 Å². The lowest BCUT2D eigenvalue weighted by atomic mass is 9.85. The third-order valence-electron chi connectivity index (χ3n) is 3.97. The smallest absolute Gasteiger partial charge is 0.225 e. The summed E-state index contributed by atoms with van der Waals surface area (Å²) in [5.41, 5.74) is 2.67. The number of rotatable bonds is 4. The van der Waals surface area contributed by atoms with Gasteiger partial charge in [-0.2, -0.15) is 0 Å². The number of amides is 1. The molecule has 1 aromatic heterocycles. The molecule has 0 saturated carbocycles. The Bertz CT molecular complexity index is 728. The van der Waals surface area contributed by atoms with Gasteiger partial charge in [-0.05, 0) is 17.2 Å². The van der Waals surface area contributed by atoms with Gasteiger partial charge in [-0.25, -0.2) is 4.98 Å².